The molecule has 1 aromatic carbocycles. The zero-order valence-corrected chi connectivity index (χ0v) is 13.7. The number of allylic oxidation sites excluding steroid dienone is 1. The van der Waals surface area contributed by atoms with Crippen molar-refractivity contribution >= 4 is 11.8 Å². The van der Waals surface area contributed by atoms with Crippen molar-refractivity contribution in [3.63, 3.8) is 0 Å². The second kappa shape index (κ2) is 9.26. The molecule has 0 amide bonds. The number of hydrogen-bond donors (Lipinski definition) is 1. The summed E-state index contributed by atoms with van der Waals surface area (Å²) in [5.74, 6) is 0.804. The summed E-state index contributed by atoms with van der Waals surface area (Å²) in [5.41, 5.74) is 1.53. The molecule has 1 atom stereocenters. The normalized spacial score (nSPS) is 17.1. The van der Waals surface area contributed by atoms with E-state index in [1.807, 2.05) is 12.1 Å². The Morgan fingerprint density at radius 2 is 2.10 bits per heavy atom. The minimum atomic E-state index is -0.105. The molecule has 21 heavy (non-hydrogen) atoms. The number of nitrogens with one attached hydrogen (secondary N) is 1. The predicted molar refractivity (Wildman–Crippen MR) is 90.4 cm³/mol. The maximum atomic E-state index is 13.7. The average molecular weight is 307 g/mol. The first kappa shape index (κ1) is 16.6. The van der Waals surface area contributed by atoms with E-state index in [0.717, 1.165) is 23.6 Å². The Morgan fingerprint density at radius 1 is 1.24 bits per heavy atom. The van der Waals surface area contributed by atoms with Crippen molar-refractivity contribution < 1.29 is 4.39 Å². The van der Waals surface area contributed by atoms with Crippen LogP contribution in [0, 0.1) is 5.82 Å². The van der Waals surface area contributed by atoms with Gasteiger partial charge in [0, 0.05) is 16.7 Å². The Kier molecular flexibility index (Phi) is 7.31. The first-order valence-corrected chi connectivity index (χ1v) is 9.09. The molecule has 0 bridgehead atoms. The molecule has 1 aliphatic rings. The van der Waals surface area contributed by atoms with Gasteiger partial charge >= 0.3 is 0 Å². The maximum absolute atomic E-state index is 13.7. The predicted octanol–water partition coefficient (Wildman–Crippen LogP) is 5.18. The first-order chi connectivity index (χ1) is 10.3. The molecule has 0 aliphatic heterocycles. The Balaban J connectivity index is 1.98. The SMILES string of the molecule is CCCNC(CSc1ccccc1F)C1=CCCCCC1. The molecule has 0 fully saturated rings. The Labute approximate surface area is 132 Å². The second-order valence-corrected chi connectivity index (χ2v) is 6.69. The van der Waals surface area contributed by atoms with Crippen LogP contribution in [-0.4, -0.2) is 18.3 Å². The molecular weight excluding hydrogens is 281 g/mol. The van der Waals surface area contributed by atoms with Gasteiger partial charge in [-0.1, -0.05) is 37.1 Å². The summed E-state index contributed by atoms with van der Waals surface area (Å²) in [6, 6.07) is 7.46. The number of benzene rings is 1. The Bertz CT molecular complexity index is 458. The first-order valence-electron chi connectivity index (χ1n) is 8.11. The standard InChI is InChI=1S/C18H26FNS/c1-2-13-20-17(15-9-5-3-4-6-10-15)14-21-18-12-8-7-11-16(18)19/h7-9,11-12,17,20H,2-6,10,13-14H2,1H3. The van der Waals surface area contributed by atoms with E-state index in [2.05, 4.69) is 18.3 Å². The van der Waals surface area contributed by atoms with Gasteiger partial charge in [0.25, 0.3) is 0 Å². The average Bonchev–Trinajstić information content (AvgIpc) is 2.78. The van der Waals surface area contributed by atoms with Crippen LogP contribution in [0.3, 0.4) is 0 Å². The summed E-state index contributed by atoms with van der Waals surface area (Å²) in [4.78, 5) is 0.759. The number of halogens is 1. The van der Waals surface area contributed by atoms with Crippen molar-refractivity contribution in [1.82, 2.24) is 5.32 Å². The molecule has 0 aromatic heterocycles. The summed E-state index contributed by atoms with van der Waals surface area (Å²) in [7, 11) is 0. The molecule has 1 aromatic rings. The van der Waals surface area contributed by atoms with Crippen LogP contribution in [0.4, 0.5) is 4.39 Å². The van der Waals surface area contributed by atoms with Crippen LogP contribution >= 0.6 is 11.8 Å². The van der Waals surface area contributed by atoms with Gasteiger partial charge in [-0.25, -0.2) is 4.39 Å². The fourth-order valence-corrected chi connectivity index (χ4v) is 3.77. The van der Waals surface area contributed by atoms with Gasteiger partial charge in [-0.15, -0.1) is 11.8 Å². The minimum Gasteiger partial charge on any atom is -0.310 e. The van der Waals surface area contributed by atoms with Crippen LogP contribution in [0.15, 0.2) is 40.8 Å². The molecule has 1 aliphatic carbocycles. The molecule has 0 spiro atoms. The van der Waals surface area contributed by atoms with Crippen LogP contribution in [0.1, 0.15) is 45.4 Å². The highest BCUT2D eigenvalue weighted by Gasteiger charge is 2.16. The zero-order valence-electron chi connectivity index (χ0n) is 12.9. The Morgan fingerprint density at radius 3 is 2.90 bits per heavy atom. The molecule has 1 N–H and O–H groups in total. The second-order valence-electron chi connectivity index (χ2n) is 5.63. The number of thioether (sulfide) groups is 1. The molecule has 0 heterocycles. The van der Waals surface area contributed by atoms with Gasteiger partial charge in [-0.3, -0.25) is 0 Å². The van der Waals surface area contributed by atoms with Crippen molar-refractivity contribution in [2.24, 2.45) is 0 Å². The molecule has 1 unspecified atom stereocenters. The molecular formula is C18H26FNS. The topological polar surface area (TPSA) is 12.0 Å². The fourth-order valence-electron chi connectivity index (χ4n) is 2.71. The summed E-state index contributed by atoms with van der Waals surface area (Å²) < 4.78 is 13.7. The summed E-state index contributed by atoms with van der Waals surface area (Å²) in [6.45, 7) is 3.22. The van der Waals surface area contributed by atoms with Crippen molar-refractivity contribution in [2.75, 3.05) is 12.3 Å². The third kappa shape index (κ3) is 5.48. The van der Waals surface area contributed by atoms with Gasteiger partial charge < -0.3 is 5.32 Å². The lowest BCUT2D eigenvalue weighted by Gasteiger charge is -2.21. The molecule has 0 saturated heterocycles. The lowest BCUT2D eigenvalue weighted by Crippen LogP contribution is -2.34. The molecule has 2 rings (SSSR count). The van der Waals surface area contributed by atoms with Crippen molar-refractivity contribution in [3.05, 3.63) is 41.7 Å². The van der Waals surface area contributed by atoms with Crippen LogP contribution in [-0.2, 0) is 0 Å². The molecule has 0 radical (unpaired) electrons. The quantitative estimate of drug-likeness (QED) is 0.550. The molecule has 1 nitrogen and oxygen atoms in total. The number of rotatable bonds is 7. The van der Waals surface area contributed by atoms with E-state index in [9.17, 15) is 4.39 Å². The maximum Gasteiger partial charge on any atom is 0.136 e. The summed E-state index contributed by atoms with van der Waals surface area (Å²) in [6.07, 6.45) is 9.88. The van der Waals surface area contributed by atoms with E-state index in [4.69, 9.17) is 0 Å². The van der Waals surface area contributed by atoms with E-state index in [1.165, 1.54) is 37.7 Å². The van der Waals surface area contributed by atoms with Crippen LogP contribution in [0.2, 0.25) is 0 Å². The van der Waals surface area contributed by atoms with Crippen LogP contribution < -0.4 is 5.32 Å². The third-order valence-corrected chi connectivity index (χ3v) is 5.05. The van der Waals surface area contributed by atoms with Gasteiger partial charge in [0.05, 0.1) is 0 Å². The highest BCUT2D eigenvalue weighted by atomic mass is 32.2. The molecule has 116 valence electrons. The van der Waals surface area contributed by atoms with E-state index >= 15 is 0 Å². The third-order valence-electron chi connectivity index (χ3n) is 3.91. The van der Waals surface area contributed by atoms with E-state index in [0.29, 0.717) is 6.04 Å². The van der Waals surface area contributed by atoms with Crippen molar-refractivity contribution in [3.8, 4) is 0 Å². The largest absolute Gasteiger partial charge is 0.310 e. The van der Waals surface area contributed by atoms with E-state index in [1.54, 1.807) is 23.9 Å². The zero-order chi connectivity index (χ0) is 14.9. The highest BCUT2D eigenvalue weighted by molar-refractivity contribution is 7.99. The van der Waals surface area contributed by atoms with Crippen LogP contribution in [0.5, 0.6) is 0 Å². The number of hydrogen-bond acceptors (Lipinski definition) is 2. The lowest BCUT2D eigenvalue weighted by atomic mass is 10.0. The van der Waals surface area contributed by atoms with Gasteiger partial charge in [-0.05, 0) is 50.8 Å². The fraction of sp³-hybridized carbons (Fsp3) is 0.556. The lowest BCUT2D eigenvalue weighted by molar-refractivity contribution is 0.582. The van der Waals surface area contributed by atoms with E-state index in [-0.39, 0.29) is 5.82 Å². The van der Waals surface area contributed by atoms with Crippen LogP contribution in [0.25, 0.3) is 0 Å². The van der Waals surface area contributed by atoms with Gasteiger partial charge in [0.15, 0.2) is 0 Å². The molecule has 3 heteroatoms. The van der Waals surface area contributed by atoms with Crippen molar-refractivity contribution in [1.29, 1.82) is 0 Å². The summed E-state index contributed by atoms with van der Waals surface area (Å²) >= 11 is 1.63. The van der Waals surface area contributed by atoms with Crippen molar-refractivity contribution in [2.45, 2.75) is 56.4 Å². The molecule has 0 saturated carbocycles. The van der Waals surface area contributed by atoms with Gasteiger partial charge in [0.1, 0.15) is 5.82 Å². The monoisotopic (exact) mass is 307 g/mol. The minimum absolute atomic E-state index is 0.105. The summed E-state index contributed by atoms with van der Waals surface area (Å²) in [5, 5.41) is 3.65. The van der Waals surface area contributed by atoms with E-state index < -0.39 is 0 Å². The highest BCUT2D eigenvalue weighted by Crippen LogP contribution is 2.26. The van der Waals surface area contributed by atoms with Gasteiger partial charge in [0.2, 0.25) is 0 Å². The Hall–Kier alpha value is -0.800. The van der Waals surface area contributed by atoms with Gasteiger partial charge in [-0.2, -0.15) is 0 Å². The smallest absolute Gasteiger partial charge is 0.136 e.